The van der Waals surface area contributed by atoms with E-state index in [0.717, 1.165) is 56.7 Å². The first-order valence-electron chi connectivity index (χ1n) is 9.03. The van der Waals surface area contributed by atoms with Gasteiger partial charge in [-0.1, -0.05) is 32.4 Å². The zero-order chi connectivity index (χ0) is 17.2. The molecule has 1 aromatic carbocycles. The second-order valence-corrected chi connectivity index (χ2v) is 9.04. The molecule has 1 saturated carbocycles. The van der Waals surface area contributed by atoms with Crippen molar-refractivity contribution in [2.75, 3.05) is 31.1 Å². The average molecular weight is 352 g/mol. The number of sulfonamides is 1. The molecule has 1 saturated heterocycles. The van der Waals surface area contributed by atoms with E-state index in [1.54, 1.807) is 0 Å². The second kappa shape index (κ2) is 7.42. The van der Waals surface area contributed by atoms with Gasteiger partial charge in [0, 0.05) is 37.9 Å². The smallest absolute Gasteiger partial charge is 0.216 e. The molecule has 2 fully saturated rings. The van der Waals surface area contributed by atoms with Gasteiger partial charge in [-0.15, -0.1) is 0 Å². The summed E-state index contributed by atoms with van der Waals surface area (Å²) in [5.41, 5.74) is 3.19. The zero-order valence-corrected chi connectivity index (χ0v) is 15.5. The molecule has 2 N–H and O–H groups in total. The van der Waals surface area contributed by atoms with E-state index in [4.69, 9.17) is 0 Å². The van der Waals surface area contributed by atoms with Crippen molar-refractivity contribution < 1.29 is 8.42 Å². The Labute approximate surface area is 145 Å². The third kappa shape index (κ3) is 4.29. The number of piperazine rings is 1. The summed E-state index contributed by atoms with van der Waals surface area (Å²) in [6, 6.07) is 6.47. The number of rotatable bonds is 6. The number of hydrogen-bond donors (Lipinski definition) is 2. The van der Waals surface area contributed by atoms with Crippen LogP contribution in [0.5, 0.6) is 0 Å². The van der Waals surface area contributed by atoms with Crippen LogP contribution in [0.4, 0.5) is 5.69 Å². The Morgan fingerprint density at radius 3 is 2.54 bits per heavy atom. The van der Waals surface area contributed by atoms with Crippen LogP contribution < -0.4 is 14.9 Å². The molecule has 6 heteroatoms. The summed E-state index contributed by atoms with van der Waals surface area (Å²) in [7, 11) is -3.29. The first-order valence-corrected chi connectivity index (χ1v) is 10.7. The molecule has 1 aliphatic heterocycles. The Morgan fingerprint density at radius 1 is 1.25 bits per heavy atom. The van der Waals surface area contributed by atoms with Gasteiger partial charge in [-0.2, -0.15) is 0 Å². The van der Waals surface area contributed by atoms with Crippen LogP contribution in [-0.4, -0.2) is 40.6 Å². The maximum atomic E-state index is 12.6. The summed E-state index contributed by atoms with van der Waals surface area (Å²) >= 11 is 0. The van der Waals surface area contributed by atoms with Gasteiger partial charge in [0.25, 0.3) is 0 Å². The van der Waals surface area contributed by atoms with Crippen LogP contribution in [0.25, 0.3) is 0 Å². The first-order chi connectivity index (χ1) is 11.4. The molecule has 2 aliphatic rings. The number of nitrogens with zero attached hydrogens (tertiary/aromatic N) is 1. The van der Waals surface area contributed by atoms with E-state index in [2.05, 4.69) is 47.0 Å². The molecule has 134 valence electrons. The third-order valence-corrected chi connectivity index (χ3v) is 6.41. The monoisotopic (exact) mass is 351 g/mol. The predicted octanol–water partition coefficient (Wildman–Crippen LogP) is 2.19. The molecule has 1 heterocycles. The highest BCUT2D eigenvalue weighted by atomic mass is 32.2. The quantitative estimate of drug-likeness (QED) is 0.825. The van der Waals surface area contributed by atoms with E-state index in [1.165, 1.54) is 5.56 Å². The molecular formula is C18H29N3O2S. The molecule has 0 atom stereocenters. The van der Waals surface area contributed by atoms with Crippen LogP contribution in [0.15, 0.2) is 18.2 Å². The minimum Gasteiger partial charge on any atom is -0.369 e. The van der Waals surface area contributed by atoms with E-state index in [0.29, 0.717) is 5.92 Å². The summed E-state index contributed by atoms with van der Waals surface area (Å²) in [6.45, 7) is 8.01. The summed E-state index contributed by atoms with van der Waals surface area (Å²) < 4.78 is 28.0. The third-order valence-electron chi connectivity index (χ3n) is 5.02. The molecule has 24 heavy (non-hydrogen) atoms. The fraction of sp³-hybridized carbons (Fsp3) is 0.667. The highest BCUT2D eigenvalue weighted by Gasteiger charge is 2.25. The topological polar surface area (TPSA) is 61.4 Å². The number of nitrogens with one attached hydrogen (secondary N) is 2. The first kappa shape index (κ1) is 17.7. The standard InChI is InChI=1S/C18H29N3O2S/c1-14(2)15-6-7-18(21-10-8-19-9-11-21)16(12-15)13-24(22,23)20-17-4-3-5-17/h6-7,12,14,17,19-20H,3-5,8-11,13H2,1-2H3. The van der Waals surface area contributed by atoms with Gasteiger partial charge in [0.15, 0.2) is 0 Å². The molecule has 3 rings (SSSR count). The maximum Gasteiger partial charge on any atom is 0.216 e. The van der Waals surface area contributed by atoms with Gasteiger partial charge in [0.2, 0.25) is 10.0 Å². The SMILES string of the molecule is CC(C)c1ccc(N2CCNCC2)c(CS(=O)(=O)NC2CCC2)c1. The molecule has 0 spiro atoms. The lowest BCUT2D eigenvalue weighted by molar-refractivity contribution is 0.383. The molecule has 5 nitrogen and oxygen atoms in total. The van der Waals surface area contributed by atoms with Gasteiger partial charge >= 0.3 is 0 Å². The van der Waals surface area contributed by atoms with Crippen molar-refractivity contribution in [3.05, 3.63) is 29.3 Å². The van der Waals surface area contributed by atoms with Crippen LogP contribution >= 0.6 is 0 Å². The van der Waals surface area contributed by atoms with E-state index < -0.39 is 10.0 Å². The number of anilines is 1. The van der Waals surface area contributed by atoms with Crippen molar-refractivity contribution in [3.8, 4) is 0 Å². The molecule has 0 unspecified atom stereocenters. The summed E-state index contributed by atoms with van der Waals surface area (Å²) in [5, 5.41) is 3.35. The molecule has 1 aliphatic carbocycles. The van der Waals surface area contributed by atoms with Crippen molar-refractivity contribution in [1.82, 2.24) is 10.0 Å². The van der Waals surface area contributed by atoms with Gasteiger partial charge in [-0.05, 0) is 36.0 Å². The van der Waals surface area contributed by atoms with Gasteiger partial charge in [0.05, 0.1) is 5.75 Å². The minimum absolute atomic E-state index is 0.0727. The van der Waals surface area contributed by atoms with Crippen molar-refractivity contribution >= 4 is 15.7 Å². The normalized spacial score (nSPS) is 19.5. The van der Waals surface area contributed by atoms with Crippen LogP contribution in [0, 0.1) is 0 Å². The van der Waals surface area contributed by atoms with Gasteiger partial charge in [-0.25, -0.2) is 13.1 Å². The average Bonchev–Trinajstić information content (AvgIpc) is 2.51. The molecule has 0 aromatic heterocycles. The highest BCUT2D eigenvalue weighted by Crippen LogP contribution is 2.28. The maximum absolute atomic E-state index is 12.6. The Bertz CT molecular complexity index is 663. The van der Waals surface area contributed by atoms with Crippen molar-refractivity contribution in [2.45, 2.75) is 50.8 Å². The minimum atomic E-state index is -3.29. The molecule has 1 aromatic rings. The lowest BCUT2D eigenvalue weighted by Gasteiger charge is -2.32. The Kier molecular flexibility index (Phi) is 5.47. The Morgan fingerprint density at radius 2 is 1.96 bits per heavy atom. The van der Waals surface area contributed by atoms with Crippen molar-refractivity contribution in [2.24, 2.45) is 0 Å². The van der Waals surface area contributed by atoms with Crippen molar-refractivity contribution in [1.29, 1.82) is 0 Å². The summed E-state index contributed by atoms with van der Waals surface area (Å²) in [5.74, 6) is 0.465. The second-order valence-electron chi connectivity index (χ2n) is 7.28. The Balaban J connectivity index is 1.85. The fourth-order valence-corrected chi connectivity index (χ4v) is 4.79. The Hall–Kier alpha value is -1.11. The lowest BCUT2D eigenvalue weighted by atomic mass is 9.94. The summed E-state index contributed by atoms with van der Waals surface area (Å²) in [6.07, 6.45) is 3.06. The molecule has 0 bridgehead atoms. The summed E-state index contributed by atoms with van der Waals surface area (Å²) in [4.78, 5) is 2.30. The number of benzene rings is 1. The zero-order valence-electron chi connectivity index (χ0n) is 14.7. The van der Waals surface area contributed by atoms with Gasteiger partial charge in [0.1, 0.15) is 0 Å². The predicted molar refractivity (Wildman–Crippen MR) is 99.0 cm³/mol. The van der Waals surface area contributed by atoms with Crippen LogP contribution in [0.2, 0.25) is 0 Å². The molecular weight excluding hydrogens is 322 g/mol. The van der Waals surface area contributed by atoms with Gasteiger partial charge in [-0.3, -0.25) is 0 Å². The lowest BCUT2D eigenvalue weighted by Crippen LogP contribution is -2.44. The van der Waals surface area contributed by atoms with Crippen LogP contribution in [0.1, 0.15) is 50.2 Å². The largest absolute Gasteiger partial charge is 0.369 e. The van der Waals surface area contributed by atoms with Crippen LogP contribution in [0.3, 0.4) is 0 Å². The molecule has 0 radical (unpaired) electrons. The van der Waals surface area contributed by atoms with E-state index in [9.17, 15) is 8.42 Å². The fourth-order valence-electron chi connectivity index (χ4n) is 3.32. The van der Waals surface area contributed by atoms with E-state index in [-0.39, 0.29) is 11.8 Å². The molecule has 0 amide bonds. The van der Waals surface area contributed by atoms with Crippen LogP contribution in [-0.2, 0) is 15.8 Å². The van der Waals surface area contributed by atoms with Gasteiger partial charge < -0.3 is 10.2 Å². The van der Waals surface area contributed by atoms with E-state index >= 15 is 0 Å². The number of hydrogen-bond acceptors (Lipinski definition) is 4. The van der Waals surface area contributed by atoms with E-state index in [1.807, 2.05) is 0 Å². The van der Waals surface area contributed by atoms with Crippen molar-refractivity contribution in [3.63, 3.8) is 0 Å². The highest BCUT2D eigenvalue weighted by molar-refractivity contribution is 7.88.